The predicted molar refractivity (Wildman–Crippen MR) is 461 cm³/mol. The first-order valence-electron chi connectivity index (χ1n) is 38.4. The molecule has 3 aromatic carbocycles. The van der Waals surface area contributed by atoms with E-state index in [1.165, 1.54) is 0 Å². The summed E-state index contributed by atoms with van der Waals surface area (Å²) in [6, 6.07) is 48.8. The second kappa shape index (κ2) is 29.7. The molecule has 0 spiro atoms. The minimum Gasteiger partial charge on any atom is -0.493 e. The minimum absolute atomic E-state index is 0.106. The first kappa shape index (κ1) is 71.0. The Morgan fingerprint density at radius 3 is 0.879 bits per heavy atom. The van der Waals surface area contributed by atoms with Gasteiger partial charge in [0.2, 0.25) is 11.8 Å². The van der Waals surface area contributed by atoms with Gasteiger partial charge in [-0.15, -0.1) is 0 Å². The second-order valence-electron chi connectivity index (χ2n) is 29.6. The Hall–Kier alpha value is -15.3. The predicted octanol–water partition coefficient (Wildman–Crippen LogP) is 15.3. The molecule has 0 saturated carbocycles. The third kappa shape index (κ3) is 13.9. The monoisotopic (exact) mass is 1510 g/mol. The van der Waals surface area contributed by atoms with Crippen LogP contribution in [-0.2, 0) is 41.3 Å². The molecular formula is C98H78N16O2+4. The molecule has 10 aliphatic heterocycles. The number of hydrogen-bond acceptors (Lipinski definition) is 10. The first-order valence-corrected chi connectivity index (χ1v) is 38.4. The molecule has 0 amide bonds. The molecular weight excluding hydrogens is 1430 g/mol. The molecule has 116 heavy (non-hydrogen) atoms. The highest BCUT2D eigenvalue weighted by Gasteiger charge is 2.31. The van der Waals surface area contributed by atoms with Gasteiger partial charge in [-0.25, -0.2) is 58.2 Å². The van der Waals surface area contributed by atoms with E-state index < -0.39 is 0 Å². The number of rotatable bonds is 12. The third-order valence-corrected chi connectivity index (χ3v) is 21.6. The van der Waals surface area contributed by atoms with E-state index in [0.29, 0.717) is 11.1 Å². The van der Waals surface area contributed by atoms with Crippen LogP contribution in [0.4, 0.5) is 0 Å². The zero-order valence-corrected chi connectivity index (χ0v) is 64.6. The molecule has 0 saturated heterocycles. The Morgan fingerprint density at radius 1 is 0.302 bits per heavy atom. The molecule has 0 fully saturated rings. The summed E-state index contributed by atoms with van der Waals surface area (Å²) in [7, 11) is 12.1. The van der Waals surface area contributed by atoms with E-state index in [9.17, 15) is 10.2 Å². The molecule has 6 aromatic heterocycles. The van der Waals surface area contributed by atoms with Crippen LogP contribution in [0.15, 0.2) is 408 Å². The number of pyridine rings is 4. The number of aliphatic hydroxyl groups excluding tert-OH is 2. The van der Waals surface area contributed by atoms with E-state index in [2.05, 4.69) is 230 Å². The highest BCUT2D eigenvalue weighted by Crippen LogP contribution is 2.42. The van der Waals surface area contributed by atoms with Crippen molar-refractivity contribution < 1.29 is 28.5 Å². The summed E-state index contributed by atoms with van der Waals surface area (Å²) < 4.78 is 8.10. The lowest BCUT2D eigenvalue weighted by Gasteiger charge is -2.16. The maximum atomic E-state index is 11.8. The summed E-state index contributed by atoms with van der Waals surface area (Å²) in [5.74, 6) is -0.212. The largest absolute Gasteiger partial charge is 0.493 e. The number of H-pyrrole nitrogens is 2. The molecule has 558 valence electrons. The van der Waals surface area contributed by atoms with Gasteiger partial charge in [-0.3, -0.25) is 0 Å². The van der Waals surface area contributed by atoms with Gasteiger partial charge in [0.05, 0.1) is 81.5 Å². The summed E-state index contributed by atoms with van der Waals surface area (Å²) in [6.07, 6.45) is 58.0. The van der Waals surface area contributed by atoms with E-state index in [1.807, 2.05) is 168 Å². The fourth-order valence-corrected chi connectivity index (χ4v) is 15.6. The van der Waals surface area contributed by atoms with Crippen molar-refractivity contribution >= 4 is 85.1 Å². The molecule has 10 aliphatic rings. The lowest BCUT2D eigenvalue weighted by Crippen LogP contribution is -2.26. The molecule has 18 heteroatoms. The summed E-state index contributed by atoms with van der Waals surface area (Å²) in [5.41, 5.74) is 30.6. The summed E-state index contributed by atoms with van der Waals surface area (Å²) >= 11 is 0. The van der Waals surface area contributed by atoms with Crippen molar-refractivity contribution in [2.45, 2.75) is 13.1 Å². The van der Waals surface area contributed by atoms with E-state index in [0.717, 1.165) is 191 Å². The Balaban J connectivity index is 0.613. The van der Waals surface area contributed by atoms with Crippen molar-refractivity contribution in [3.8, 4) is 0 Å². The quantitative estimate of drug-likeness (QED) is 0.0538. The first-order chi connectivity index (χ1) is 56.7. The van der Waals surface area contributed by atoms with Gasteiger partial charge in [0, 0.05) is 166 Å². The number of aliphatic hydroxyl groups is 2. The lowest BCUT2D eigenvalue weighted by atomic mass is 9.97. The van der Waals surface area contributed by atoms with Crippen LogP contribution in [0.25, 0.3) is 39.0 Å². The fraction of sp³-hybridized carbons (Fsp3) is 0.0816. The summed E-state index contributed by atoms with van der Waals surface area (Å²) in [4.78, 5) is 54.0. The number of aromatic nitrogens is 6. The van der Waals surface area contributed by atoms with Gasteiger partial charge in [0.25, 0.3) is 0 Å². The number of aryl methyl sites for hydroxylation is 4. The van der Waals surface area contributed by atoms with Gasteiger partial charge in [0.1, 0.15) is 28.2 Å². The van der Waals surface area contributed by atoms with Gasteiger partial charge in [-0.2, -0.15) is 0 Å². The molecule has 16 bridgehead atoms. The van der Waals surface area contributed by atoms with Crippen LogP contribution in [-0.4, -0.2) is 90.1 Å². The standard InChI is InChI=1S/C98H76N16O2/c1-109-46-34-65(35-47-109)91-77-22-18-73(101-77)89(74-19-23-78(102-74)92(66-36-48-110(2)49-37-66)82-27-31-86(106-82)95(85-30-26-81(91)105-85)69-42-54-113(5)55-43-69)63-10-14-71(15-11-63)97(115)99-59-61-8-7-9-62(58-61)60-100-98(116)72-16-12-64(13-17-72)90-75-20-24-79(103-75)93(67-38-50-111(3)51-39-67)83-28-32-87(107-83)96(70-44-56-114(6)57-45-70)88-33-29-84(108-88)94(80-25-21-76(90)104-80)68-40-52-112(4)53-41-68/h7-58H,59-60H2,1-6H3,(H2-2,99,100,101,102,103,104,105,106,107,108,115,116)/q+2/p+2. The van der Waals surface area contributed by atoms with E-state index in [4.69, 9.17) is 39.9 Å². The van der Waals surface area contributed by atoms with E-state index in [1.54, 1.807) is 0 Å². The third-order valence-electron chi connectivity index (χ3n) is 21.6. The van der Waals surface area contributed by atoms with Crippen LogP contribution in [0.1, 0.15) is 78.4 Å². The Kier molecular flexibility index (Phi) is 18.2. The number of nitrogens with one attached hydrogen (secondary N) is 2. The van der Waals surface area contributed by atoms with Crippen LogP contribution in [0.2, 0.25) is 0 Å². The highest BCUT2D eigenvalue weighted by molar-refractivity contribution is 6.39. The Bertz CT molecular complexity index is 6580. The molecule has 9 aromatic rings. The molecule has 16 heterocycles. The highest BCUT2D eigenvalue weighted by atomic mass is 16.3. The second-order valence-corrected chi connectivity index (χ2v) is 29.6. The van der Waals surface area contributed by atoms with Crippen molar-refractivity contribution in [1.29, 1.82) is 0 Å². The number of aromatic amines is 2. The molecule has 0 radical (unpaired) electrons. The van der Waals surface area contributed by atoms with Crippen LogP contribution in [0.5, 0.6) is 0 Å². The average molecular weight is 1510 g/mol. The Morgan fingerprint density at radius 2 is 0.560 bits per heavy atom. The molecule has 0 unspecified atom stereocenters. The number of aliphatic imine (C=N–C) groups is 8. The average Bonchev–Trinajstić information content (AvgIpc) is 1.62. The van der Waals surface area contributed by atoms with Crippen molar-refractivity contribution in [1.82, 2.24) is 19.8 Å². The van der Waals surface area contributed by atoms with Crippen LogP contribution >= 0.6 is 0 Å². The zero-order valence-electron chi connectivity index (χ0n) is 64.6. The smallest absolute Gasteiger partial charge is 0.213 e. The molecule has 0 aliphatic carbocycles. The van der Waals surface area contributed by atoms with Crippen molar-refractivity contribution in [3.63, 3.8) is 0 Å². The Labute approximate surface area is 671 Å². The number of allylic oxidation sites excluding steroid dienone is 23. The van der Waals surface area contributed by atoms with Crippen molar-refractivity contribution in [3.05, 3.63) is 446 Å². The molecule has 0 atom stereocenters. The van der Waals surface area contributed by atoms with Crippen LogP contribution in [0, 0.1) is 0 Å². The van der Waals surface area contributed by atoms with Crippen LogP contribution < -0.4 is 18.3 Å². The maximum Gasteiger partial charge on any atom is 0.213 e. The summed E-state index contributed by atoms with van der Waals surface area (Å²) in [5, 5.41) is 23.6. The normalized spacial score (nSPS) is 17.5. The van der Waals surface area contributed by atoms with Gasteiger partial charge < -0.3 is 30.0 Å². The van der Waals surface area contributed by atoms with E-state index in [-0.39, 0.29) is 24.9 Å². The van der Waals surface area contributed by atoms with Gasteiger partial charge in [-0.05, 0) is 201 Å². The number of hydrogen-bond donors (Lipinski definition) is 4. The van der Waals surface area contributed by atoms with E-state index >= 15 is 0 Å². The van der Waals surface area contributed by atoms with Crippen LogP contribution in [0.3, 0.4) is 0 Å². The maximum absolute atomic E-state index is 11.8. The molecule has 18 nitrogen and oxygen atoms in total. The van der Waals surface area contributed by atoms with Gasteiger partial charge >= 0.3 is 0 Å². The minimum atomic E-state index is -0.106. The molecule has 19 rings (SSSR count). The topological polar surface area (TPSA) is 193 Å². The SMILES string of the molecule is CN1C=CC(=C2C3=NC(=C(c4cc[n+](C)cc4)C4=NC(=C(c5cc[n+](C)cc5)c5ccc([nH]5)C(c5ccc(C(O)=NCc6cccc(CN=C(O)c7ccc(C8=C9C=CC(=N9)C(c9cc[n+](C)cc9)=C9C=CC(=N9)C(c9cc[n+](C)cc9)=C9C=CC(=N9)C(=C9C=CN(C)C=C9)c9ccc8[nH]9)cc7)c6)cc5)=C5C=CC2=N5)C=C4)C=C3)C=C1. The molecule has 4 N–H and O–H groups in total. The number of fused-ring (bicyclic) bond motifs is 10. The number of nitrogens with zero attached hydrogens (tertiary/aromatic N) is 14. The van der Waals surface area contributed by atoms with Gasteiger partial charge in [0.15, 0.2) is 49.6 Å². The van der Waals surface area contributed by atoms with Crippen molar-refractivity contribution in [2.24, 2.45) is 68.1 Å². The number of benzene rings is 3. The van der Waals surface area contributed by atoms with Gasteiger partial charge in [-0.1, -0.05) is 48.5 Å². The lowest BCUT2D eigenvalue weighted by molar-refractivity contribution is -0.671. The zero-order chi connectivity index (χ0) is 78.7. The van der Waals surface area contributed by atoms with Crippen molar-refractivity contribution in [2.75, 3.05) is 14.1 Å². The fourth-order valence-electron chi connectivity index (χ4n) is 15.6. The summed E-state index contributed by atoms with van der Waals surface area (Å²) in [6.45, 7) is 0.394.